The normalized spacial score (nSPS) is 19.2. The van der Waals surface area contributed by atoms with Gasteiger partial charge in [-0.2, -0.15) is 4.42 Å². The number of carbonyl (C=O) groups excluding carboxylic acids is 3. The highest BCUT2D eigenvalue weighted by Gasteiger charge is 2.41. The summed E-state index contributed by atoms with van der Waals surface area (Å²) in [7, 11) is 1.19. The fourth-order valence-electron chi connectivity index (χ4n) is 0.533. The van der Waals surface area contributed by atoms with Gasteiger partial charge >= 0.3 is 17.8 Å². The zero-order chi connectivity index (χ0) is 7.89. The van der Waals surface area contributed by atoms with Gasteiger partial charge in [0.05, 0.1) is 0 Å². The van der Waals surface area contributed by atoms with Gasteiger partial charge in [0.25, 0.3) is 0 Å². The fraction of sp³-hybridized carbons (Fsp3) is 0.250. The molecule has 5 nitrogen and oxygen atoms in total. The molecule has 1 heterocycles. The van der Waals surface area contributed by atoms with E-state index in [4.69, 9.17) is 11.8 Å². The third-order valence-corrected chi connectivity index (χ3v) is 1.42. The van der Waals surface area contributed by atoms with Crippen molar-refractivity contribution in [1.29, 1.82) is 0 Å². The molecule has 1 aliphatic rings. The first-order chi connectivity index (χ1) is 4.55. The Bertz CT molecular complexity index is 205. The maximum absolute atomic E-state index is 10.6. The highest BCUT2D eigenvalue weighted by atomic mass is 35.5. The first kappa shape index (κ1) is 7.01. The highest BCUT2D eigenvalue weighted by Crippen LogP contribution is 2.10. The van der Waals surface area contributed by atoms with Crippen molar-refractivity contribution in [2.24, 2.45) is 0 Å². The summed E-state index contributed by atoms with van der Waals surface area (Å²) in [4.78, 5) is 32.3. The van der Waals surface area contributed by atoms with Crippen LogP contribution in [0.15, 0.2) is 0 Å². The Kier molecular flexibility index (Phi) is 1.37. The maximum atomic E-state index is 10.6. The van der Waals surface area contributed by atoms with Crippen LogP contribution in [0.5, 0.6) is 0 Å². The summed E-state index contributed by atoms with van der Waals surface area (Å²) in [6, 6.07) is -0.809. The van der Waals surface area contributed by atoms with Gasteiger partial charge < -0.3 is 0 Å². The molecule has 6 heteroatoms. The molecule has 0 N–H and O–H groups in total. The van der Waals surface area contributed by atoms with Crippen molar-refractivity contribution < 1.29 is 14.4 Å². The summed E-state index contributed by atoms with van der Waals surface area (Å²) < 4.78 is 0.252. The summed E-state index contributed by atoms with van der Waals surface area (Å²) in [6.45, 7) is 0. The molecule has 0 aromatic carbocycles. The lowest BCUT2D eigenvalue weighted by molar-refractivity contribution is -0.141. The Morgan fingerprint density at radius 2 is 1.70 bits per heavy atom. The molecule has 0 aliphatic carbocycles. The lowest BCUT2D eigenvalue weighted by Gasteiger charge is -2.00. The Balaban J connectivity index is 3.00. The molecular formula is C4H3ClN2O3. The highest BCUT2D eigenvalue weighted by molar-refractivity contribution is 6.52. The van der Waals surface area contributed by atoms with Gasteiger partial charge in [0.2, 0.25) is 0 Å². The average Bonchev–Trinajstić information content (AvgIpc) is 2.07. The first-order valence-corrected chi connectivity index (χ1v) is 2.71. The van der Waals surface area contributed by atoms with Crippen molar-refractivity contribution >= 4 is 29.6 Å². The second-order valence-corrected chi connectivity index (χ2v) is 2.07. The van der Waals surface area contributed by atoms with E-state index in [-0.39, 0.29) is 4.42 Å². The molecule has 0 aromatic heterocycles. The number of amides is 4. The zero-order valence-corrected chi connectivity index (χ0v) is 5.75. The standard InChI is InChI=1S/C4H3ClN2O3/c1-6-2(8)3(9)7(5)4(6)10/h1H3. The zero-order valence-electron chi connectivity index (χ0n) is 5.00. The number of halogens is 1. The molecule has 1 rings (SSSR count). The summed E-state index contributed by atoms with van der Waals surface area (Å²) in [5.41, 5.74) is 0. The van der Waals surface area contributed by atoms with Crippen LogP contribution in [0.1, 0.15) is 0 Å². The van der Waals surface area contributed by atoms with Gasteiger partial charge in [-0.05, 0) is 0 Å². The van der Waals surface area contributed by atoms with Crippen LogP contribution < -0.4 is 0 Å². The van der Waals surface area contributed by atoms with Crippen LogP contribution in [-0.2, 0) is 9.59 Å². The molecular weight excluding hydrogens is 160 g/mol. The molecule has 4 amide bonds. The molecule has 0 bridgehead atoms. The molecule has 1 fully saturated rings. The number of urea groups is 1. The van der Waals surface area contributed by atoms with Crippen molar-refractivity contribution in [3.05, 3.63) is 0 Å². The molecule has 0 saturated carbocycles. The van der Waals surface area contributed by atoms with Gasteiger partial charge in [-0.25, -0.2) is 4.79 Å². The molecule has 0 radical (unpaired) electrons. The van der Waals surface area contributed by atoms with Crippen molar-refractivity contribution in [3.63, 3.8) is 0 Å². The number of nitrogens with zero attached hydrogens (tertiary/aromatic N) is 2. The van der Waals surface area contributed by atoms with E-state index in [9.17, 15) is 14.4 Å². The molecule has 0 unspecified atom stereocenters. The van der Waals surface area contributed by atoms with Gasteiger partial charge in [-0.1, -0.05) is 0 Å². The van der Waals surface area contributed by atoms with Gasteiger partial charge in [0.15, 0.2) is 0 Å². The summed E-state index contributed by atoms with van der Waals surface area (Å²) in [5.74, 6) is -1.91. The van der Waals surface area contributed by atoms with Crippen LogP contribution in [0.25, 0.3) is 0 Å². The predicted octanol–water partition coefficient (Wildman–Crippen LogP) is -0.439. The molecule has 10 heavy (non-hydrogen) atoms. The second kappa shape index (κ2) is 1.95. The third-order valence-electron chi connectivity index (χ3n) is 1.12. The number of hydrogen-bond acceptors (Lipinski definition) is 3. The van der Waals surface area contributed by atoms with E-state index in [1.807, 2.05) is 0 Å². The number of imide groups is 2. The van der Waals surface area contributed by atoms with E-state index in [0.29, 0.717) is 4.90 Å². The van der Waals surface area contributed by atoms with Crippen LogP contribution in [0.3, 0.4) is 0 Å². The topological polar surface area (TPSA) is 57.7 Å². The number of hydrogen-bond donors (Lipinski definition) is 0. The monoisotopic (exact) mass is 162 g/mol. The Morgan fingerprint density at radius 1 is 1.20 bits per heavy atom. The van der Waals surface area contributed by atoms with E-state index in [1.165, 1.54) is 7.05 Å². The largest absolute Gasteiger partial charge is 0.349 e. The Hall–Kier alpha value is -1.10. The van der Waals surface area contributed by atoms with E-state index in [0.717, 1.165) is 0 Å². The van der Waals surface area contributed by atoms with Crippen LogP contribution in [0.2, 0.25) is 0 Å². The molecule has 54 valence electrons. The molecule has 0 atom stereocenters. The number of rotatable bonds is 0. The average molecular weight is 163 g/mol. The lowest BCUT2D eigenvalue weighted by Crippen LogP contribution is -2.25. The third kappa shape index (κ3) is 0.672. The van der Waals surface area contributed by atoms with E-state index < -0.39 is 17.8 Å². The van der Waals surface area contributed by atoms with Crippen molar-refractivity contribution in [3.8, 4) is 0 Å². The van der Waals surface area contributed by atoms with Crippen molar-refractivity contribution in [2.75, 3.05) is 7.05 Å². The second-order valence-electron chi connectivity index (χ2n) is 1.73. The van der Waals surface area contributed by atoms with E-state index >= 15 is 0 Å². The number of likely N-dealkylation sites (N-methyl/N-ethyl adjacent to an activating group) is 1. The fourth-order valence-corrected chi connectivity index (χ4v) is 0.719. The summed E-state index contributed by atoms with van der Waals surface area (Å²) >= 11 is 5.07. The van der Waals surface area contributed by atoms with E-state index in [2.05, 4.69) is 0 Å². The smallest absolute Gasteiger partial charge is 0.263 e. The minimum Gasteiger partial charge on any atom is -0.263 e. The Morgan fingerprint density at radius 3 is 1.80 bits per heavy atom. The molecule has 1 saturated heterocycles. The minimum absolute atomic E-state index is 0.252. The molecule has 0 aromatic rings. The van der Waals surface area contributed by atoms with Gasteiger partial charge in [0, 0.05) is 18.8 Å². The van der Waals surface area contributed by atoms with Crippen LogP contribution in [0.4, 0.5) is 4.79 Å². The van der Waals surface area contributed by atoms with E-state index in [1.54, 1.807) is 0 Å². The van der Waals surface area contributed by atoms with Crippen LogP contribution in [0, 0.1) is 0 Å². The van der Waals surface area contributed by atoms with Crippen molar-refractivity contribution in [2.45, 2.75) is 0 Å². The van der Waals surface area contributed by atoms with Gasteiger partial charge in [0.1, 0.15) is 0 Å². The number of carbonyl (C=O) groups is 3. The van der Waals surface area contributed by atoms with Gasteiger partial charge in [-0.3, -0.25) is 14.5 Å². The predicted molar refractivity (Wildman–Crippen MR) is 30.9 cm³/mol. The Labute approximate surface area is 61.2 Å². The van der Waals surface area contributed by atoms with Crippen molar-refractivity contribution in [1.82, 2.24) is 9.32 Å². The quantitative estimate of drug-likeness (QED) is 0.276. The summed E-state index contributed by atoms with van der Waals surface area (Å²) in [6.07, 6.45) is 0. The maximum Gasteiger partial charge on any atom is 0.349 e. The first-order valence-electron chi connectivity index (χ1n) is 2.37. The SMILES string of the molecule is CN1C(=O)C(=O)N(Cl)C1=O. The van der Waals surface area contributed by atoms with Gasteiger partial charge in [-0.15, -0.1) is 0 Å². The molecule has 0 spiro atoms. The molecule has 1 aliphatic heterocycles. The minimum atomic E-state index is -1.01. The lowest BCUT2D eigenvalue weighted by atomic mass is 10.6. The summed E-state index contributed by atoms with van der Waals surface area (Å²) in [5, 5.41) is 0. The van der Waals surface area contributed by atoms with Crippen LogP contribution in [-0.4, -0.2) is 34.2 Å². The van der Waals surface area contributed by atoms with Crippen LogP contribution >= 0.6 is 11.8 Å².